The Labute approximate surface area is 170 Å². The maximum atomic E-state index is 12.9. The van der Waals surface area contributed by atoms with Crippen LogP contribution in [0.5, 0.6) is 11.5 Å². The van der Waals surface area contributed by atoms with Crippen LogP contribution in [0.25, 0.3) is 0 Å². The fourth-order valence-electron chi connectivity index (χ4n) is 3.31. The molecule has 1 aromatic heterocycles. The number of nitrogens with one attached hydrogen (secondary N) is 2. The molecule has 2 atom stereocenters. The van der Waals surface area contributed by atoms with Crippen LogP contribution in [0.1, 0.15) is 23.7 Å². The molecule has 1 amide bonds. The quantitative estimate of drug-likeness (QED) is 0.740. The van der Waals surface area contributed by atoms with E-state index >= 15 is 0 Å². The van der Waals surface area contributed by atoms with Gasteiger partial charge in [0.2, 0.25) is 5.91 Å². The number of aromatic nitrogens is 2. The molecule has 29 heavy (non-hydrogen) atoms. The van der Waals surface area contributed by atoms with E-state index in [1.807, 2.05) is 6.92 Å². The largest absolute Gasteiger partial charge is 0.493 e. The van der Waals surface area contributed by atoms with Crippen molar-refractivity contribution in [1.29, 1.82) is 0 Å². The standard InChI is InChI=1S/C18H25N5O5S/c1-11-13(10-19-22(11)2)14-9-15(23(3)29(25,26)21-14)18(24)20-12-6-7-16(27-4)17(8-12)28-5/h6-8,10,14-15,21H,9H2,1-5H3,(H,20,24)/t14-,15-/m0/s1. The van der Waals surface area contributed by atoms with E-state index in [0.29, 0.717) is 17.2 Å². The average Bonchev–Trinajstić information content (AvgIpc) is 3.02. The normalized spacial score (nSPS) is 21.6. The lowest BCUT2D eigenvalue weighted by Gasteiger charge is -2.36. The van der Waals surface area contributed by atoms with Crippen LogP contribution in [-0.4, -0.2) is 55.7 Å². The topological polar surface area (TPSA) is 115 Å². The zero-order valence-corrected chi connectivity index (χ0v) is 17.8. The maximum Gasteiger partial charge on any atom is 0.280 e. The summed E-state index contributed by atoms with van der Waals surface area (Å²) in [7, 11) is 2.35. The summed E-state index contributed by atoms with van der Waals surface area (Å²) in [6.45, 7) is 1.85. The zero-order valence-electron chi connectivity index (χ0n) is 17.0. The second-order valence-electron chi connectivity index (χ2n) is 6.81. The predicted octanol–water partition coefficient (Wildman–Crippen LogP) is 0.964. The van der Waals surface area contributed by atoms with Crippen LogP contribution in [0.15, 0.2) is 24.4 Å². The first kappa shape index (κ1) is 21.1. The highest BCUT2D eigenvalue weighted by Gasteiger charge is 2.41. The van der Waals surface area contributed by atoms with Gasteiger partial charge in [-0.25, -0.2) is 0 Å². The minimum absolute atomic E-state index is 0.265. The van der Waals surface area contributed by atoms with Crippen LogP contribution in [0, 0.1) is 6.92 Å². The minimum Gasteiger partial charge on any atom is -0.493 e. The van der Waals surface area contributed by atoms with Gasteiger partial charge in [-0.2, -0.15) is 22.5 Å². The summed E-state index contributed by atoms with van der Waals surface area (Å²) in [6.07, 6.45) is 1.89. The van der Waals surface area contributed by atoms with Gasteiger partial charge in [0.05, 0.1) is 26.5 Å². The monoisotopic (exact) mass is 423 g/mol. The molecule has 1 saturated heterocycles. The number of ether oxygens (including phenoxy) is 2. The fraction of sp³-hybridized carbons (Fsp3) is 0.444. The van der Waals surface area contributed by atoms with E-state index in [0.717, 1.165) is 15.6 Å². The summed E-state index contributed by atoms with van der Waals surface area (Å²) in [5.74, 6) is 0.552. The molecule has 11 heteroatoms. The molecule has 2 heterocycles. The first-order valence-corrected chi connectivity index (χ1v) is 10.4. The van der Waals surface area contributed by atoms with Crippen LogP contribution in [-0.2, 0) is 22.1 Å². The van der Waals surface area contributed by atoms with Crippen molar-refractivity contribution in [3.8, 4) is 11.5 Å². The number of likely N-dealkylation sites (N-methyl/N-ethyl adjacent to an activating group) is 1. The molecular formula is C18H25N5O5S. The molecule has 1 aliphatic heterocycles. The molecule has 158 valence electrons. The Bertz CT molecular complexity index is 1020. The van der Waals surface area contributed by atoms with Crippen LogP contribution in [0.2, 0.25) is 0 Å². The van der Waals surface area contributed by atoms with Gasteiger partial charge in [0.25, 0.3) is 10.2 Å². The summed E-state index contributed by atoms with van der Waals surface area (Å²) >= 11 is 0. The van der Waals surface area contributed by atoms with E-state index in [1.54, 1.807) is 36.1 Å². The second-order valence-corrected chi connectivity index (χ2v) is 8.57. The first-order valence-electron chi connectivity index (χ1n) is 8.94. The van der Waals surface area contributed by atoms with E-state index in [2.05, 4.69) is 15.1 Å². The zero-order chi connectivity index (χ0) is 21.3. The number of nitrogens with zero attached hydrogens (tertiary/aromatic N) is 3. The lowest BCUT2D eigenvalue weighted by Crippen LogP contribution is -2.56. The Morgan fingerprint density at radius 2 is 1.93 bits per heavy atom. The van der Waals surface area contributed by atoms with Gasteiger partial charge in [-0.05, 0) is 25.5 Å². The van der Waals surface area contributed by atoms with Crippen LogP contribution < -0.4 is 19.5 Å². The third-order valence-corrected chi connectivity index (χ3v) is 6.77. The van der Waals surface area contributed by atoms with E-state index in [4.69, 9.17) is 9.47 Å². The van der Waals surface area contributed by atoms with E-state index in [-0.39, 0.29) is 6.42 Å². The molecule has 0 aliphatic carbocycles. The molecular weight excluding hydrogens is 398 g/mol. The SMILES string of the molecule is COc1ccc(NC(=O)[C@@H]2C[C@@H](c3cnn(C)c3C)NS(=O)(=O)N2C)cc1OC. The summed E-state index contributed by atoms with van der Waals surface area (Å²) in [5.41, 5.74) is 2.06. The number of rotatable bonds is 5. The van der Waals surface area contributed by atoms with Gasteiger partial charge >= 0.3 is 0 Å². The molecule has 0 radical (unpaired) electrons. The Morgan fingerprint density at radius 3 is 2.52 bits per heavy atom. The number of anilines is 1. The van der Waals surface area contributed by atoms with Gasteiger partial charge in [-0.3, -0.25) is 9.48 Å². The van der Waals surface area contributed by atoms with Crippen molar-refractivity contribution in [2.24, 2.45) is 7.05 Å². The molecule has 0 saturated carbocycles. The minimum atomic E-state index is -3.84. The molecule has 10 nitrogen and oxygen atoms in total. The summed E-state index contributed by atoms with van der Waals surface area (Å²) in [4.78, 5) is 12.9. The van der Waals surface area contributed by atoms with Gasteiger partial charge in [0, 0.05) is 37.1 Å². The third kappa shape index (κ3) is 4.07. The number of aryl methyl sites for hydroxylation is 1. The van der Waals surface area contributed by atoms with Crippen molar-refractivity contribution in [1.82, 2.24) is 18.8 Å². The molecule has 2 aromatic rings. The van der Waals surface area contributed by atoms with Crippen molar-refractivity contribution in [3.05, 3.63) is 35.7 Å². The lowest BCUT2D eigenvalue weighted by atomic mass is 10.00. The summed E-state index contributed by atoms with van der Waals surface area (Å²) < 4.78 is 41.0. The molecule has 1 fully saturated rings. The van der Waals surface area contributed by atoms with Gasteiger partial charge in [-0.1, -0.05) is 0 Å². The number of hydrogen-bond donors (Lipinski definition) is 2. The Morgan fingerprint density at radius 1 is 1.24 bits per heavy atom. The second kappa shape index (κ2) is 8.01. The third-order valence-electron chi connectivity index (χ3n) is 5.17. The molecule has 2 N–H and O–H groups in total. The number of benzene rings is 1. The van der Waals surface area contributed by atoms with Crippen molar-refractivity contribution >= 4 is 21.8 Å². The predicted molar refractivity (Wildman–Crippen MR) is 107 cm³/mol. The van der Waals surface area contributed by atoms with E-state index < -0.39 is 28.2 Å². The number of carbonyl (C=O) groups excluding carboxylic acids is 1. The molecule has 3 rings (SSSR count). The smallest absolute Gasteiger partial charge is 0.280 e. The van der Waals surface area contributed by atoms with E-state index in [1.165, 1.54) is 21.3 Å². The van der Waals surface area contributed by atoms with Crippen LogP contribution in [0.3, 0.4) is 0 Å². The van der Waals surface area contributed by atoms with Gasteiger partial charge in [0.1, 0.15) is 6.04 Å². The van der Waals surface area contributed by atoms with Crippen LogP contribution >= 0.6 is 0 Å². The van der Waals surface area contributed by atoms with Crippen molar-refractivity contribution in [2.45, 2.75) is 25.4 Å². The lowest BCUT2D eigenvalue weighted by molar-refractivity contribution is -0.120. The number of methoxy groups -OCH3 is 2. The number of carbonyl (C=O) groups is 1. The number of hydrogen-bond acceptors (Lipinski definition) is 6. The van der Waals surface area contributed by atoms with Crippen molar-refractivity contribution in [3.63, 3.8) is 0 Å². The highest BCUT2D eigenvalue weighted by atomic mass is 32.2. The van der Waals surface area contributed by atoms with Gasteiger partial charge < -0.3 is 14.8 Å². The van der Waals surface area contributed by atoms with Crippen molar-refractivity contribution < 1.29 is 22.7 Å². The van der Waals surface area contributed by atoms with E-state index in [9.17, 15) is 13.2 Å². The Kier molecular flexibility index (Phi) is 5.82. The summed E-state index contributed by atoms with van der Waals surface area (Å²) in [5, 5.41) is 6.94. The number of amides is 1. The molecule has 0 spiro atoms. The molecule has 0 unspecified atom stereocenters. The van der Waals surface area contributed by atoms with Gasteiger partial charge in [0.15, 0.2) is 11.5 Å². The molecule has 0 bridgehead atoms. The maximum absolute atomic E-state index is 12.9. The molecule has 1 aliphatic rings. The molecule has 1 aromatic carbocycles. The highest BCUT2D eigenvalue weighted by molar-refractivity contribution is 7.87. The fourth-order valence-corrected chi connectivity index (χ4v) is 4.58. The van der Waals surface area contributed by atoms with Gasteiger partial charge in [-0.15, -0.1) is 0 Å². The van der Waals surface area contributed by atoms with Crippen LogP contribution in [0.4, 0.5) is 5.69 Å². The first-order chi connectivity index (χ1) is 13.7. The Hall–Kier alpha value is -2.63. The highest BCUT2D eigenvalue weighted by Crippen LogP contribution is 2.32. The summed E-state index contributed by atoms with van der Waals surface area (Å²) in [6, 6.07) is 3.51. The van der Waals surface area contributed by atoms with Crippen molar-refractivity contribution in [2.75, 3.05) is 26.6 Å². The Balaban J connectivity index is 1.85. The average molecular weight is 423 g/mol.